The van der Waals surface area contributed by atoms with Gasteiger partial charge in [-0.3, -0.25) is 14.3 Å². The summed E-state index contributed by atoms with van der Waals surface area (Å²) in [4.78, 5) is 23.8. The highest BCUT2D eigenvalue weighted by molar-refractivity contribution is 5.96. The van der Waals surface area contributed by atoms with Gasteiger partial charge in [-0.25, -0.2) is 0 Å². The van der Waals surface area contributed by atoms with Crippen molar-refractivity contribution in [3.63, 3.8) is 0 Å². The minimum atomic E-state index is -0.0772. The number of carbonyl (C=O) groups is 2. The van der Waals surface area contributed by atoms with Crippen molar-refractivity contribution in [3.8, 4) is 0 Å². The van der Waals surface area contributed by atoms with E-state index in [1.54, 1.807) is 11.6 Å². The molecule has 1 saturated heterocycles. The minimum absolute atomic E-state index is 0.0140. The summed E-state index contributed by atoms with van der Waals surface area (Å²) in [6, 6.07) is 0.133. The fourth-order valence-electron chi connectivity index (χ4n) is 3.08. The number of Topliss-reactive ketones (excluding diaryl/α,β-unsaturated/α-hetero) is 1. The molecule has 122 valence electrons. The number of rotatable bonds is 5. The second-order valence-corrected chi connectivity index (χ2v) is 6.05. The molecule has 1 aromatic rings. The van der Waals surface area contributed by atoms with Crippen LogP contribution in [0.3, 0.4) is 0 Å². The lowest BCUT2D eigenvalue weighted by Gasteiger charge is -2.24. The number of hydrogen-bond acceptors (Lipinski definition) is 4. The molecule has 1 aliphatic rings. The molecule has 0 aliphatic carbocycles. The summed E-state index contributed by atoms with van der Waals surface area (Å²) in [7, 11) is 0. The lowest BCUT2D eigenvalue weighted by Crippen LogP contribution is -2.39. The molecule has 0 unspecified atom stereocenters. The average molecular weight is 307 g/mol. The number of aryl methyl sites for hydroxylation is 1. The van der Waals surface area contributed by atoms with E-state index in [1.165, 1.54) is 0 Å². The number of aromatic nitrogens is 2. The van der Waals surface area contributed by atoms with Crippen LogP contribution in [0.1, 0.15) is 60.9 Å². The van der Waals surface area contributed by atoms with Crippen LogP contribution in [0.2, 0.25) is 0 Å². The van der Waals surface area contributed by atoms with Crippen molar-refractivity contribution in [2.24, 2.45) is 0 Å². The van der Waals surface area contributed by atoms with E-state index in [0.29, 0.717) is 25.2 Å². The lowest BCUT2D eigenvalue weighted by molar-refractivity contribution is -0.123. The van der Waals surface area contributed by atoms with Crippen molar-refractivity contribution >= 4 is 11.7 Å². The molecule has 2 rings (SSSR count). The molecule has 1 fully saturated rings. The Morgan fingerprint density at radius 2 is 2.00 bits per heavy atom. The van der Waals surface area contributed by atoms with E-state index in [4.69, 9.17) is 4.74 Å². The average Bonchev–Trinajstić information content (AvgIpc) is 2.75. The maximum Gasteiger partial charge on any atom is 0.222 e. The zero-order valence-electron chi connectivity index (χ0n) is 13.8. The third kappa shape index (κ3) is 3.74. The number of carbonyl (C=O) groups excluding carboxylic acids is 2. The summed E-state index contributed by atoms with van der Waals surface area (Å²) in [5, 5.41) is 7.48. The lowest BCUT2D eigenvalue weighted by atomic mass is 10.1. The van der Waals surface area contributed by atoms with Crippen molar-refractivity contribution in [2.75, 3.05) is 13.2 Å². The second kappa shape index (κ2) is 7.05. The second-order valence-electron chi connectivity index (χ2n) is 6.05. The van der Waals surface area contributed by atoms with Crippen LogP contribution < -0.4 is 5.32 Å². The first kappa shape index (κ1) is 16.7. The van der Waals surface area contributed by atoms with Crippen LogP contribution in [0.5, 0.6) is 0 Å². The quantitative estimate of drug-likeness (QED) is 0.844. The highest BCUT2D eigenvalue weighted by atomic mass is 16.5. The van der Waals surface area contributed by atoms with Gasteiger partial charge in [0.05, 0.1) is 17.3 Å². The molecular weight excluding hydrogens is 282 g/mol. The summed E-state index contributed by atoms with van der Waals surface area (Å²) >= 11 is 0. The largest absolute Gasteiger partial charge is 0.381 e. The van der Waals surface area contributed by atoms with Gasteiger partial charge < -0.3 is 10.1 Å². The van der Waals surface area contributed by atoms with E-state index in [0.717, 1.165) is 24.2 Å². The van der Waals surface area contributed by atoms with E-state index in [-0.39, 0.29) is 23.8 Å². The summed E-state index contributed by atoms with van der Waals surface area (Å²) in [5.74, 6) is 0.0384. The number of ketones is 1. The minimum Gasteiger partial charge on any atom is -0.381 e. The van der Waals surface area contributed by atoms with Crippen LogP contribution in [0.15, 0.2) is 0 Å². The topological polar surface area (TPSA) is 73.2 Å². The maximum absolute atomic E-state index is 12.2. The van der Waals surface area contributed by atoms with Gasteiger partial charge in [0.2, 0.25) is 5.91 Å². The first-order chi connectivity index (χ1) is 10.4. The normalized spacial score (nSPS) is 17.3. The monoisotopic (exact) mass is 307 g/mol. The van der Waals surface area contributed by atoms with Gasteiger partial charge in [0.1, 0.15) is 0 Å². The van der Waals surface area contributed by atoms with Gasteiger partial charge in [0, 0.05) is 31.4 Å². The molecule has 1 amide bonds. The predicted molar refractivity (Wildman–Crippen MR) is 83.0 cm³/mol. The van der Waals surface area contributed by atoms with Gasteiger partial charge >= 0.3 is 0 Å². The molecule has 22 heavy (non-hydrogen) atoms. The molecule has 0 spiro atoms. The van der Waals surface area contributed by atoms with E-state index >= 15 is 0 Å². The summed E-state index contributed by atoms with van der Waals surface area (Å²) < 4.78 is 7.08. The van der Waals surface area contributed by atoms with E-state index < -0.39 is 0 Å². The Bertz CT molecular complexity index is 559. The molecule has 2 heterocycles. The zero-order chi connectivity index (χ0) is 16.3. The third-order valence-electron chi connectivity index (χ3n) is 4.16. The predicted octanol–water partition coefficient (Wildman–Crippen LogP) is 1.95. The highest BCUT2D eigenvalue weighted by Crippen LogP contribution is 2.20. The Hall–Kier alpha value is -1.69. The fraction of sp³-hybridized carbons (Fsp3) is 0.688. The van der Waals surface area contributed by atoms with E-state index in [9.17, 15) is 9.59 Å². The van der Waals surface area contributed by atoms with Crippen LogP contribution in [0.4, 0.5) is 0 Å². The van der Waals surface area contributed by atoms with Gasteiger partial charge in [-0.2, -0.15) is 5.10 Å². The Morgan fingerprint density at radius 1 is 1.36 bits per heavy atom. The summed E-state index contributed by atoms with van der Waals surface area (Å²) in [6.45, 7) is 8.62. The molecule has 1 atom stereocenters. The first-order valence-corrected chi connectivity index (χ1v) is 7.84. The van der Waals surface area contributed by atoms with Crippen LogP contribution in [-0.4, -0.2) is 40.7 Å². The van der Waals surface area contributed by atoms with Crippen molar-refractivity contribution in [2.45, 2.75) is 59.0 Å². The Morgan fingerprint density at radius 3 is 2.55 bits per heavy atom. The van der Waals surface area contributed by atoms with Gasteiger partial charge in [0.15, 0.2) is 5.78 Å². The zero-order valence-corrected chi connectivity index (χ0v) is 13.8. The molecule has 6 nitrogen and oxygen atoms in total. The van der Waals surface area contributed by atoms with Gasteiger partial charge in [-0.1, -0.05) is 0 Å². The van der Waals surface area contributed by atoms with Gasteiger partial charge in [-0.15, -0.1) is 0 Å². The Kier molecular flexibility index (Phi) is 5.34. The van der Waals surface area contributed by atoms with Crippen LogP contribution in [0.25, 0.3) is 0 Å². The molecule has 1 N–H and O–H groups in total. The van der Waals surface area contributed by atoms with Gasteiger partial charge in [-0.05, 0) is 40.5 Å². The molecular formula is C16H25N3O3. The van der Waals surface area contributed by atoms with Crippen molar-refractivity contribution in [1.82, 2.24) is 15.1 Å². The van der Waals surface area contributed by atoms with Crippen molar-refractivity contribution < 1.29 is 14.3 Å². The van der Waals surface area contributed by atoms with Crippen LogP contribution in [0, 0.1) is 13.8 Å². The summed E-state index contributed by atoms with van der Waals surface area (Å²) in [5.41, 5.74) is 2.22. The fourth-order valence-corrected chi connectivity index (χ4v) is 3.08. The standard InChI is InChI=1S/C16H25N3O3/c1-10(9-15(21)17-14-5-7-22-8-6-14)19-12(3)16(13(4)20)11(2)18-19/h10,14H,5-9H2,1-4H3,(H,17,21)/t10-/m0/s1. The number of amides is 1. The van der Waals surface area contributed by atoms with Crippen LogP contribution in [-0.2, 0) is 9.53 Å². The van der Waals surface area contributed by atoms with E-state index in [2.05, 4.69) is 10.4 Å². The maximum atomic E-state index is 12.2. The molecule has 0 saturated carbocycles. The van der Waals surface area contributed by atoms with Crippen molar-refractivity contribution in [1.29, 1.82) is 0 Å². The van der Waals surface area contributed by atoms with E-state index in [1.807, 2.05) is 20.8 Å². The molecule has 1 aromatic heterocycles. The molecule has 6 heteroatoms. The number of nitrogens with one attached hydrogen (secondary N) is 1. The third-order valence-corrected chi connectivity index (χ3v) is 4.16. The number of ether oxygens (including phenoxy) is 1. The first-order valence-electron chi connectivity index (χ1n) is 7.84. The number of hydrogen-bond donors (Lipinski definition) is 1. The smallest absolute Gasteiger partial charge is 0.222 e. The molecule has 0 bridgehead atoms. The van der Waals surface area contributed by atoms with Crippen molar-refractivity contribution in [3.05, 3.63) is 17.0 Å². The molecule has 0 radical (unpaired) electrons. The highest BCUT2D eigenvalue weighted by Gasteiger charge is 2.22. The summed E-state index contributed by atoms with van der Waals surface area (Å²) in [6.07, 6.45) is 2.10. The Labute approximate surface area is 131 Å². The molecule has 0 aromatic carbocycles. The van der Waals surface area contributed by atoms with Crippen LogP contribution >= 0.6 is 0 Å². The SMILES string of the molecule is CC(=O)c1c(C)nn([C@@H](C)CC(=O)NC2CCOCC2)c1C. The molecule has 1 aliphatic heterocycles. The Balaban J connectivity index is 1.99. The number of nitrogens with zero attached hydrogens (tertiary/aromatic N) is 2. The van der Waals surface area contributed by atoms with Gasteiger partial charge in [0.25, 0.3) is 0 Å².